The van der Waals surface area contributed by atoms with Gasteiger partial charge in [0.05, 0.1) is 6.10 Å². The van der Waals surface area contributed by atoms with Crippen LogP contribution in [-0.4, -0.2) is 17.3 Å². The third kappa shape index (κ3) is 7.24. The highest BCUT2D eigenvalue weighted by Crippen LogP contribution is 2.15. The molecule has 0 heterocycles. The lowest BCUT2D eigenvalue weighted by atomic mass is 9.92. The summed E-state index contributed by atoms with van der Waals surface area (Å²) in [5, 5.41) is 9.90. The molecule has 0 rings (SSSR count). The molecular formula is C14H31NO. The molecule has 98 valence electrons. The zero-order valence-electron chi connectivity index (χ0n) is 11.4. The highest BCUT2D eigenvalue weighted by Gasteiger charge is 2.19. The van der Waals surface area contributed by atoms with Crippen LogP contribution in [0, 0.1) is 5.92 Å². The number of rotatable bonds is 10. The van der Waals surface area contributed by atoms with Gasteiger partial charge in [-0.2, -0.15) is 0 Å². The van der Waals surface area contributed by atoms with Crippen LogP contribution >= 0.6 is 0 Å². The summed E-state index contributed by atoms with van der Waals surface area (Å²) < 4.78 is 0. The first kappa shape index (κ1) is 15.9. The second-order valence-electron chi connectivity index (χ2n) is 5.09. The van der Waals surface area contributed by atoms with Crippen LogP contribution in [0.2, 0.25) is 0 Å². The Morgan fingerprint density at radius 3 is 2.12 bits per heavy atom. The Bertz CT molecular complexity index is 150. The molecule has 0 saturated heterocycles. The smallest absolute Gasteiger partial charge is 0.0693 e. The molecule has 0 aromatic rings. The second-order valence-corrected chi connectivity index (χ2v) is 5.09. The van der Waals surface area contributed by atoms with Gasteiger partial charge in [0.2, 0.25) is 0 Å². The van der Waals surface area contributed by atoms with Crippen molar-refractivity contribution < 1.29 is 5.11 Å². The molecule has 3 N–H and O–H groups in total. The first-order valence-electron chi connectivity index (χ1n) is 7.07. The summed E-state index contributed by atoms with van der Waals surface area (Å²) in [5.41, 5.74) is 5.98. The van der Waals surface area contributed by atoms with Crippen LogP contribution in [0.4, 0.5) is 0 Å². The number of aliphatic hydroxyl groups is 1. The maximum Gasteiger partial charge on any atom is 0.0693 e. The quantitative estimate of drug-likeness (QED) is 0.563. The summed E-state index contributed by atoms with van der Waals surface area (Å²) in [6.07, 6.45) is 9.26. The van der Waals surface area contributed by atoms with Gasteiger partial charge in [-0.3, -0.25) is 0 Å². The molecule has 16 heavy (non-hydrogen) atoms. The van der Waals surface area contributed by atoms with Crippen LogP contribution in [0.5, 0.6) is 0 Å². The molecule has 3 atom stereocenters. The molecule has 2 nitrogen and oxygen atoms in total. The van der Waals surface area contributed by atoms with E-state index in [-0.39, 0.29) is 12.1 Å². The monoisotopic (exact) mass is 229 g/mol. The molecule has 0 spiro atoms. The molecule has 2 heteroatoms. The van der Waals surface area contributed by atoms with Gasteiger partial charge in [-0.15, -0.1) is 0 Å². The van der Waals surface area contributed by atoms with Gasteiger partial charge in [0.25, 0.3) is 0 Å². The van der Waals surface area contributed by atoms with E-state index in [4.69, 9.17) is 5.73 Å². The molecule has 0 bridgehead atoms. The fourth-order valence-corrected chi connectivity index (χ4v) is 1.98. The molecular weight excluding hydrogens is 198 g/mol. The standard InChI is InChI=1S/C14H31NO/c1-4-6-7-8-9-10-11-13(16)14(15)12(3)5-2/h12-14,16H,4-11,15H2,1-3H3/t12?,13-,14-/m0/s1. The van der Waals surface area contributed by atoms with Crippen molar-refractivity contribution in [1.82, 2.24) is 0 Å². The van der Waals surface area contributed by atoms with Gasteiger partial charge in [-0.1, -0.05) is 65.7 Å². The summed E-state index contributed by atoms with van der Waals surface area (Å²) in [5.74, 6) is 0.426. The fourth-order valence-electron chi connectivity index (χ4n) is 1.98. The zero-order chi connectivity index (χ0) is 12.4. The largest absolute Gasteiger partial charge is 0.392 e. The lowest BCUT2D eigenvalue weighted by Gasteiger charge is -2.24. The Kier molecular flexibility index (Phi) is 10.0. The Morgan fingerprint density at radius 1 is 1.00 bits per heavy atom. The molecule has 0 aromatic heterocycles. The van der Waals surface area contributed by atoms with Crippen molar-refractivity contribution in [3.63, 3.8) is 0 Å². The fraction of sp³-hybridized carbons (Fsp3) is 1.00. The van der Waals surface area contributed by atoms with E-state index in [0.717, 1.165) is 19.3 Å². The van der Waals surface area contributed by atoms with Gasteiger partial charge in [0.15, 0.2) is 0 Å². The molecule has 0 aliphatic rings. The average molecular weight is 229 g/mol. The van der Waals surface area contributed by atoms with Crippen molar-refractivity contribution in [1.29, 1.82) is 0 Å². The number of aliphatic hydroxyl groups excluding tert-OH is 1. The summed E-state index contributed by atoms with van der Waals surface area (Å²) in [4.78, 5) is 0. The van der Waals surface area contributed by atoms with Gasteiger partial charge in [-0.05, 0) is 12.3 Å². The molecule has 0 aromatic carbocycles. The second kappa shape index (κ2) is 10.1. The number of nitrogens with two attached hydrogens (primary N) is 1. The molecule has 0 amide bonds. The van der Waals surface area contributed by atoms with E-state index >= 15 is 0 Å². The van der Waals surface area contributed by atoms with Gasteiger partial charge in [0, 0.05) is 6.04 Å². The van der Waals surface area contributed by atoms with Crippen molar-refractivity contribution in [3.8, 4) is 0 Å². The maximum atomic E-state index is 9.90. The Hall–Kier alpha value is -0.0800. The summed E-state index contributed by atoms with van der Waals surface area (Å²) in [7, 11) is 0. The van der Waals surface area contributed by atoms with Crippen molar-refractivity contribution in [2.24, 2.45) is 11.7 Å². The summed E-state index contributed by atoms with van der Waals surface area (Å²) in [6, 6.07) is -0.0411. The highest BCUT2D eigenvalue weighted by atomic mass is 16.3. The molecule has 1 unspecified atom stereocenters. The number of unbranched alkanes of at least 4 members (excludes halogenated alkanes) is 5. The van der Waals surface area contributed by atoms with E-state index in [1.165, 1.54) is 32.1 Å². The molecule has 0 saturated carbocycles. The molecule has 0 radical (unpaired) electrons. The average Bonchev–Trinajstić information content (AvgIpc) is 2.31. The number of hydrogen-bond acceptors (Lipinski definition) is 2. The number of hydrogen-bond donors (Lipinski definition) is 2. The molecule has 0 fully saturated rings. The van der Waals surface area contributed by atoms with Gasteiger partial charge in [-0.25, -0.2) is 0 Å². The SMILES string of the molecule is CCCCCCCC[C@H](O)[C@@H](N)C(C)CC. The van der Waals surface area contributed by atoms with Gasteiger partial charge < -0.3 is 10.8 Å². The topological polar surface area (TPSA) is 46.2 Å². The lowest BCUT2D eigenvalue weighted by Crippen LogP contribution is -2.39. The van der Waals surface area contributed by atoms with Crippen molar-refractivity contribution >= 4 is 0 Å². The van der Waals surface area contributed by atoms with E-state index in [2.05, 4.69) is 20.8 Å². The lowest BCUT2D eigenvalue weighted by molar-refractivity contribution is 0.108. The van der Waals surface area contributed by atoms with Crippen LogP contribution in [-0.2, 0) is 0 Å². The maximum absolute atomic E-state index is 9.90. The van der Waals surface area contributed by atoms with E-state index in [1.54, 1.807) is 0 Å². The molecule has 0 aliphatic carbocycles. The first-order valence-corrected chi connectivity index (χ1v) is 7.07. The third-order valence-electron chi connectivity index (χ3n) is 3.60. The minimum atomic E-state index is -0.305. The van der Waals surface area contributed by atoms with Gasteiger partial charge >= 0.3 is 0 Å². The van der Waals surface area contributed by atoms with E-state index in [1.807, 2.05) is 0 Å². The van der Waals surface area contributed by atoms with Crippen LogP contribution in [0.25, 0.3) is 0 Å². The van der Waals surface area contributed by atoms with E-state index in [0.29, 0.717) is 5.92 Å². The highest BCUT2D eigenvalue weighted by molar-refractivity contribution is 4.76. The third-order valence-corrected chi connectivity index (χ3v) is 3.60. The minimum absolute atomic E-state index is 0.0411. The Labute approximate surface area is 102 Å². The zero-order valence-corrected chi connectivity index (χ0v) is 11.4. The Morgan fingerprint density at radius 2 is 1.56 bits per heavy atom. The summed E-state index contributed by atoms with van der Waals surface area (Å²) in [6.45, 7) is 6.48. The van der Waals surface area contributed by atoms with Crippen molar-refractivity contribution in [2.45, 2.75) is 84.3 Å². The van der Waals surface area contributed by atoms with Crippen LogP contribution < -0.4 is 5.73 Å². The predicted octanol–water partition coefficient (Wildman–Crippen LogP) is 3.47. The molecule has 0 aliphatic heterocycles. The predicted molar refractivity (Wildman–Crippen MR) is 71.4 cm³/mol. The van der Waals surface area contributed by atoms with Crippen molar-refractivity contribution in [3.05, 3.63) is 0 Å². The normalized spacial score (nSPS) is 17.1. The minimum Gasteiger partial charge on any atom is -0.392 e. The first-order chi connectivity index (χ1) is 7.63. The Balaban J connectivity index is 3.45. The van der Waals surface area contributed by atoms with Gasteiger partial charge in [0.1, 0.15) is 0 Å². The van der Waals surface area contributed by atoms with Crippen LogP contribution in [0.15, 0.2) is 0 Å². The van der Waals surface area contributed by atoms with Crippen LogP contribution in [0.3, 0.4) is 0 Å². The van der Waals surface area contributed by atoms with Crippen LogP contribution in [0.1, 0.15) is 72.1 Å². The summed E-state index contributed by atoms with van der Waals surface area (Å²) >= 11 is 0. The van der Waals surface area contributed by atoms with Crippen molar-refractivity contribution in [2.75, 3.05) is 0 Å². The van der Waals surface area contributed by atoms with E-state index in [9.17, 15) is 5.11 Å². The van der Waals surface area contributed by atoms with E-state index < -0.39 is 0 Å².